The van der Waals surface area contributed by atoms with Gasteiger partial charge in [-0.25, -0.2) is 0 Å². The highest BCUT2D eigenvalue weighted by molar-refractivity contribution is 5.85. The third-order valence-corrected chi connectivity index (χ3v) is 4.26. The second-order valence-electron chi connectivity index (χ2n) is 5.79. The summed E-state index contributed by atoms with van der Waals surface area (Å²) in [6.07, 6.45) is 3.27. The molecular formula is C16H20N2O2. The average molecular weight is 272 g/mol. The largest absolute Gasteiger partial charge is 0.353 e. The Kier molecular flexibility index (Phi) is 3.47. The van der Waals surface area contributed by atoms with Gasteiger partial charge in [0, 0.05) is 19.5 Å². The molecule has 0 aromatic heterocycles. The van der Waals surface area contributed by atoms with E-state index in [4.69, 9.17) is 0 Å². The number of rotatable bonds is 3. The molecule has 0 spiro atoms. The Bertz CT molecular complexity index is 510. The molecule has 4 heteroatoms. The van der Waals surface area contributed by atoms with Crippen LogP contribution in [-0.4, -0.2) is 29.8 Å². The van der Waals surface area contributed by atoms with Crippen LogP contribution in [0.4, 0.5) is 0 Å². The molecular weight excluding hydrogens is 252 g/mol. The zero-order valence-electron chi connectivity index (χ0n) is 11.7. The van der Waals surface area contributed by atoms with E-state index >= 15 is 0 Å². The van der Waals surface area contributed by atoms with Crippen LogP contribution in [0.2, 0.25) is 0 Å². The van der Waals surface area contributed by atoms with Gasteiger partial charge in [0.1, 0.15) is 0 Å². The summed E-state index contributed by atoms with van der Waals surface area (Å²) < 4.78 is 0. The van der Waals surface area contributed by atoms with Crippen LogP contribution in [0.25, 0.3) is 0 Å². The molecule has 106 valence electrons. The van der Waals surface area contributed by atoms with Gasteiger partial charge in [-0.2, -0.15) is 0 Å². The fourth-order valence-corrected chi connectivity index (χ4v) is 2.95. The van der Waals surface area contributed by atoms with Crippen LogP contribution in [0.5, 0.6) is 0 Å². The van der Waals surface area contributed by atoms with Crippen molar-refractivity contribution in [2.45, 2.75) is 37.8 Å². The van der Waals surface area contributed by atoms with Gasteiger partial charge < -0.3 is 10.2 Å². The number of amides is 2. The number of piperidine rings is 1. The van der Waals surface area contributed by atoms with Crippen LogP contribution in [0, 0.1) is 5.92 Å². The van der Waals surface area contributed by atoms with Crippen LogP contribution >= 0.6 is 0 Å². The quantitative estimate of drug-likeness (QED) is 0.913. The third-order valence-electron chi connectivity index (χ3n) is 4.26. The number of carbonyl (C=O) groups is 2. The lowest BCUT2D eigenvalue weighted by Crippen LogP contribution is -2.46. The summed E-state index contributed by atoms with van der Waals surface area (Å²) in [6.45, 7) is 0. The van der Waals surface area contributed by atoms with E-state index in [0.29, 0.717) is 18.9 Å². The van der Waals surface area contributed by atoms with Gasteiger partial charge in [0.05, 0.1) is 12.0 Å². The Labute approximate surface area is 119 Å². The van der Waals surface area contributed by atoms with E-state index in [2.05, 4.69) is 5.32 Å². The van der Waals surface area contributed by atoms with E-state index < -0.39 is 0 Å². The predicted molar refractivity (Wildman–Crippen MR) is 75.8 cm³/mol. The Morgan fingerprint density at radius 1 is 1.20 bits per heavy atom. The number of nitrogens with zero attached hydrogens (tertiary/aromatic N) is 1. The van der Waals surface area contributed by atoms with Crippen LogP contribution in [0.15, 0.2) is 30.3 Å². The van der Waals surface area contributed by atoms with Crippen molar-refractivity contribution >= 4 is 11.8 Å². The summed E-state index contributed by atoms with van der Waals surface area (Å²) in [5.74, 6) is 0.0794. The fraction of sp³-hybridized carbons (Fsp3) is 0.500. The summed E-state index contributed by atoms with van der Waals surface area (Å²) in [5.41, 5.74) is 1.04. The van der Waals surface area contributed by atoms with Crippen LogP contribution in [-0.2, 0) is 9.59 Å². The highest BCUT2D eigenvalue weighted by atomic mass is 16.2. The van der Waals surface area contributed by atoms with E-state index in [0.717, 1.165) is 18.4 Å². The molecule has 1 saturated carbocycles. The zero-order valence-corrected chi connectivity index (χ0v) is 11.7. The fourth-order valence-electron chi connectivity index (χ4n) is 2.95. The topological polar surface area (TPSA) is 49.4 Å². The van der Waals surface area contributed by atoms with Gasteiger partial charge in [-0.3, -0.25) is 9.59 Å². The monoisotopic (exact) mass is 272 g/mol. The molecule has 1 aliphatic heterocycles. The lowest BCUT2D eigenvalue weighted by atomic mass is 9.84. The Hall–Kier alpha value is -1.84. The minimum atomic E-state index is -0.142. The number of carbonyl (C=O) groups excluding carboxylic acids is 2. The SMILES string of the molecule is CN1C(=O)CCC(C(=O)NC2CC2)C1c1ccccc1. The molecule has 0 bridgehead atoms. The number of hydrogen-bond acceptors (Lipinski definition) is 2. The van der Waals surface area contributed by atoms with Crippen molar-refractivity contribution in [2.24, 2.45) is 5.92 Å². The molecule has 2 fully saturated rings. The maximum atomic E-state index is 12.4. The van der Waals surface area contributed by atoms with Gasteiger partial charge in [-0.15, -0.1) is 0 Å². The average Bonchev–Trinajstić information content (AvgIpc) is 3.26. The molecule has 1 aliphatic carbocycles. The van der Waals surface area contributed by atoms with Crippen molar-refractivity contribution < 1.29 is 9.59 Å². The van der Waals surface area contributed by atoms with Gasteiger partial charge in [0.2, 0.25) is 11.8 Å². The lowest BCUT2D eigenvalue weighted by molar-refractivity contribution is -0.141. The summed E-state index contributed by atoms with van der Waals surface area (Å²) in [5, 5.41) is 3.08. The Balaban J connectivity index is 1.85. The molecule has 1 N–H and O–H groups in total. The smallest absolute Gasteiger partial charge is 0.225 e. The van der Waals surface area contributed by atoms with E-state index in [1.807, 2.05) is 30.3 Å². The molecule has 2 unspecified atom stereocenters. The van der Waals surface area contributed by atoms with Crippen molar-refractivity contribution in [3.63, 3.8) is 0 Å². The van der Waals surface area contributed by atoms with Crippen molar-refractivity contribution in [2.75, 3.05) is 7.05 Å². The van der Waals surface area contributed by atoms with Gasteiger partial charge in [0.25, 0.3) is 0 Å². The van der Waals surface area contributed by atoms with Crippen molar-refractivity contribution in [3.05, 3.63) is 35.9 Å². The summed E-state index contributed by atoms with van der Waals surface area (Å²) in [7, 11) is 1.80. The lowest BCUT2D eigenvalue weighted by Gasteiger charge is -2.38. The molecule has 0 radical (unpaired) electrons. The van der Waals surface area contributed by atoms with Gasteiger partial charge in [-0.1, -0.05) is 30.3 Å². The first-order chi connectivity index (χ1) is 9.66. The second-order valence-corrected chi connectivity index (χ2v) is 5.79. The van der Waals surface area contributed by atoms with Crippen molar-refractivity contribution in [3.8, 4) is 0 Å². The van der Waals surface area contributed by atoms with E-state index in [1.54, 1.807) is 11.9 Å². The highest BCUT2D eigenvalue weighted by Crippen LogP contribution is 2.36. The van der Waals surface area contributed by atoms with E-state index in [1.165, 1.54) is 0 Å². The van der Waals surface area contributed by atoms with Gasteiger partial charge in [-0.05, 0) is 24.8 Å². The molecule has 1 heterocycles. The molecule has 4 nitrogen and oxygen atoms in total. The van der Waals surface area contributed by atoms with Crippen molar-refractivity contribution in [1.82, 2.24) is 10.2 Å². The summed E-state index contributed by atoms with van der Waals surface area (Å²) >= 11 is 0. The van der Waals surface area contributed by atoms with Crippen molar-refractivity contribution in [1.29, 1.82) is 0 Å². The Morgan fingerprint density at radius 3 is 2.55 bits per heavy atom. The summed E-state index contributed by atoms with van der Waals surface area (Å²) in [4.78, 5) is 26.1. The normalized spacial score (nSPS) is 26.4. The maximum Gasteiger partial charge on any atom is 0.225 e. The standard InChI is InChI=1S/C16H20N2O2/c1-18-14(19)10-9-13(16(20)17-12-7-8-12)15(18)11-5-3-2-4-6-11/h2-6,12-13,15H,7-10H2,1H3,(H,17,20). The molecule has 2 amide bonds. The minimum absolute atomic E-state index is 0.0979. The van der Waals surface area contributed by atoms with Crippen LogP contribution in [0.1, 0.15) is 37.3 Å². The molecule has 1 aromatic rings. The molecule has 1 aromatic carbocycles. The maximum absolute atomic E-state index is 12.4. The third kappa shape index (κ3) is 2.55. The number of nitrogens with one attached hydrogen (secondary N) is 1. The molecule has 1 saturated heterocycles. The highest BCUT2D eigenvalue weighted by Gasteiger charge is 2.40. The summed E-state index contributed by atoms with van der Waals surface area (Å²) in [6, 6.07) is 10.1. The zero-order chi connectivity index (χ0) is 14.1. The first-order valence-electron chi connectivity index (χ1n) is 7.28. The predicted octanol–water partition coefficient (Wildman–Crippen LogP) is 1.87. The van der Waals surface area contributed by atoms with Gasteiger partial charge in [0.15, 0.2) is 0 Å². The number of hydrogen-bond donors (Lipinski definition) is 1. The minimum Gasteiger partial charge on any atom is -0.353 e. The molecule has 3 rings (SSSR count). The number of likely N-dealkylation sites (tertiary alicyclic amines) is 1. The Morgan fingerprint density at radius 2 is 1.90 bits per heavy atom. The molecule has 2 aliphatic rings. The number of benzene rings is 1. The first kappa shape index (κ1) is 13.2. The van der Waals surface area contributed by atoms with E-state index in [9.17, 15) is 9.59 Å². The van der Waals surface area contributed by atoms with Gasteiger partial charge >= 0.3 is 0 Å². The first-order valence-corrected chi connectivity index (χ1v) is 7.28. The molecule has 20 heavy (non-hydrogen) atoms. The molecule has 2 atom stereocenters. The second kappa shape index (κ2) is 5.27. The van der Waals surface area contributed by atoms with Crippen LogP contribution < -0.4 is 5.32 Å². The van der Waals surface area contributed by atoms with E-state index in [-0.39, 0.29) is 23.8 Å². The van der Waals surface area contributed by atoms with Crippen LogP contribution in [0.3, 0.4) is 0 Å².